The summed E-state index contributed by atoms with van der Waals surface area (Å²) in [6, 6.07) is 3.08. The summed E-state index contributed by atoms with van der Waals surface area (Å²) in [5, 5.41) is 2.70. The molecule has 0 radical (unpaired) electrons. The van der Waals surface area contributed by atoms with Gasteiger partial charge in [-0.25, -0.2) is 8.42 Å². The normalized spacial score (nSPS) is 19.1. The summed E-state index contributed by atoms with van der Waals surface area (Å²) in [6.45, 7) is 1.66. The molecule has 0 aliphatic carbocycles. The van der Waals surface area contributed by atoms with E-state index < -0.39 is 15.9 Å². The number of Topliss-reactive ketones (excluding diaryl/α,β-unsaturated/α-hetero) is 1. The Labute approximate surface area is 155 Å². The van der Waals surface area contributed by atoms with Gasteiger partial charge in [0.15, 0.2) is 17.3 Å². The highest BCUT2D eigenvalue weighted by atomic mass is 32.2. The van der Waals surface area contributed by atoms with E-state index in [1.165, 1.54) is 31.3 Å². The number of anilines is 1. The van der Waals surface area contributed by atoms with Gasteiger partial charge in [0.1, 0.15) is 5.84 Å². The van der Waals surface area contributed by atoms with E-state index in [2.05, 4.69) is 9.71 Å². The van der Waals surface area contributed by atoms with E-state index in [1.54, 1.807) is 11.0 Å². The number of amidine groups is 1. The molecule has 10 heteroatoms. The summed E-state index contributed by atoms with van der Waals surface area (Å²) in [5.41, 5.74) is 0.923. The van der Waals surface area contributed by atoms with E-state index in [1.807, 2.05) is 0 Å². The third-order valence-corrected chi connectivity index (χ3v) is 5.39. The SMILES string of the molecule is CC(=O)c1cc2c(cc1NC(=O)C1=CN3CCS(=O)(=O)N=C3C=C1)OCO2. The van der Waals surface area contributed by atoms with Crippen LogP contribution in [-0.2, 0) is 14.8 Å². The quantitative estimate of drug-likeness (QED) is 0.769. The molecule has 0 bridgehead atoms. The molecule has 1 N–H and O–H groups in total. The first kappa shape index (κ1) is 17.3. The molecule has 3 heterocycles. The Bertz CT molecular complexity index is 1050. The van der Waals surface area contributed by atoms with Gasteiger partial charge >= 0.3 is 0 Å². The van der Waals surface area contributed by atoms with Crippen molar-refractivity contribution in [1.29, 1.82) is 0 Å². The monoisotopic (exact) mass is 389 g/mol. The number of hydrogen-bond donors (Lipinski definition) is 1. The molecule has 0 saturated heterocycles. The summed E-state index contributed by atoms with van der Waals surface area (Å²) in [7, 11) is -3.46. The summed E-state index contributed by atoms with van der Waals surface area (Å²) >= 11 is 0. The molecule has 0 fully saturated rings. The van der Waals surface area contributed by atoms with Crippen molar-refractivity contribution in [3.05, 3.63) is 41.6 Å². The molecule has 9 nitrogen and oxygen atoms in total. The molecule has 3 aliphatic rings. The summed E-state index contributed by atoms with van der Waals surface area (Å²) in [4.78, 5) is 26.2. The van der Waals surface area contributed by atoms with Gasteiger partial charge in [0, 0.05) is 24.4 Å². The molecule has 140 valence electrons. The van der Waals surface area contributed by atoms with Crippen LogP contribution in [0.2, 0.25) is 0 Å². The first-order chi connectivity index (χ1) is 12.8. The number of ether oxygens (including phenoxy) is 2. The molecule has 0 saturated carbocycles. The molecule has 27 heavy (non-hydrogen) atoms. The molecule has 3 aliphatic heterocycles. The maximum Gasteiger partial charge on any atom is 0.257 e. The minimum absolute atomic E-state index is 0.0535. The van der Waals surface area contributed by atoms with Crippen LogP contribution in [0.25, 0.3) is 0 Å². The number of amides is 1. The Morgan fingerprint density at radius 2 is 1.93 bits per heavy atom. The molecule has 0 spiro atoms. The molecule has 1 aromatic carbocycles. The van der Waals surface area contributed by atoms with E-state index in [9.17, 15) is 18.0 Å². The molecule has 1 amide bonds. The van der Waals surface area contributed by atoms with Gasteiger partial charge in [-0.3, -0.25) is 9.59 Å². The first-order valence-corrected chi connectivity index (χ1v) is 9.68. The predicted molar refractivity (Wildman–Crippen MR) is 96.4 cm³/mol. The molecule has 0 aromatic heterocycles. The Hall–Kier alpha value is -3.14. The lowest BCUT2D eigenvalue weighted by molar-refractivity contribution is -0.112. The summed E-state index contributed by atoms with van der Waals surface area (Å²) in [5.74, 6) is 0.370. The van der Waals surface area contributed by atoms with Gasteiger partial charge < -0.3 is 19.7 Å². The van der Waals surface area contributed by atoms with E-state index in [4.69, 9.17) is 9.47 Å². The van der Waals surface area contributed by atoms with Crippen molar-refractivity contribution in [2.75, 3.05) is 24.4 Å². The number of ketones is 1. The van der Waals surface area contributed by atoms with Crippen molar-refractivity contribution < 1.29 is 27.5 Å². The number of carbonyl (C=O) groups is 2. The number of sulfonamides is 1. The van der Waals surface area contributed by atoms with E-state index in [-0.39, 0.29) is 30.7 Å². The zero-order valence-corrected chi connectivity index (χ0v) is 15.1. The van der Waals surface area contributed by atoms with Crippen molar-refractivity contribution in [3.63, 3.8) is 0 Å². The van der Waals surface area contributed by atoms with Crippen molar-refractivity contribution in [3.8, 4) is 11.5 Å². The van der Waals surface area contributed by atoms with Crippen molar-refractivity contribution in [2.45, 2.75) is 6.92 Å². The van der Waals surface area contributed by atoms with Gasteiger partial charge in [-0.15, -0.1) is 4.40 Å². The Morgan fingerprint density at radius 1 is 1.19 bits per heavy atom. The fourth-order valence-corrected chi connectivity index (χ4v) is 3.84. The number of carbonyl (C=O) groups excluding carboxylic acids is 2. The molecular formula is C17H15N3O6S. The van der Waals surface area contributed by atoms with Gasteiger partial charge in [-0.1, -0.05) is 0 Å². The van der Waals surface area contributed by atoms with Gasteiger partial charge in [-0.05, 0) is 25.1 Å². The van der Waals surface area contributed by atoms with Crippen LogP contribution in [0, 0.1) is 0 Å². The highest BCUT2D eigenvalue weighted by Gasteiger charge is 2.26. The summed E-state index contributed by atoms with van der Waals surface area (Å²) < 4.78 is 37.3. The zero-order valence-electron chi connectivity index (χ0n) is 14.3. The van der Waals surface area contributed by atoms with Crippen LogP contribution in [0.15, 0.2) is 40.5 Å². The number of hydrogen-bond acceptors (Lipinski definition) is 7. The van der Waals surface area contributed by atoms with Crippen molar-refractivity contribution in [1.82, 2.24) is 4.90 Å². The van der Waals surface area contributed by atoms with E-state index in [0.717, 1.165) is 0 Å². The minimum atomic E-state index is -3.46. The average molecular weight is 389 g/mol. The highest BCUT2D eigenvalue weighted by molar-refractivity contribution is 7.90. The smallest absolute Gasteiger partial charge is 0.257 e. The fourth-order valence-electron chi connectivity index (χ4n) is 2.87. The predicted octanol–water partition coefficient (Wildman–Crippen LogP) is 1.05. The Kier molecular flexibility index (Phi) is 3.99. The van der Waals surface area contributed by atoms with E-state index >= 15 is 0 Å². The van der Waals surface area contributed by atoms with Crippen LogP contribution >= 0.6 is 0 Å². The molecule has 0 unspecified atom stereocenters. The highest BCUT2D eigenvalue weighted by Crippen LogP contribution is 2.37. The standard InChI is InChI=1S/C17H15N3O6S/c1-10(21)12-6-14-15(26-9-25-14)7-13(12)18-17(22)11-2-3-16-19-27(23,24)5-4-20(16)8-11/h2-3,6-8H,4-5,9H2,1H3,(H,18,22). The second-order valence-corrected chi connectivity index (χ2v) is 7.86. The zero-order chi connectivity index (χ0) is 19.2. The third-order valence-electron chi connectivity index (χ3n) is 4.23. The lowest BCUT2D eigenvalue weighted by atomic mass is 10.1. The minimum Gasteiger partial charge on any atom is -0.454 e. The van der Waals surface area contributed by atoms with Crippen LogP contribution in [0.1, 0.15) is 17.3 Å². The lowest BCUT2D eigenvalue weighted by Gasteiger charge is -2.27. The fraction of sp³-hybridized carbons (Fsp3) is 0.235. The maximum absolute atomic E-state index is 12.6. The largest absolute Gasteiger partial charge is 0.454 e. The lowest BCUT2D eigenvalue weighted by Crippen LogP contribution is -2.37. The number of nitrogens with one attached hydrogen (secondary N) is 1. The molecule has 4 rings (SSSR count). The van der Waals surface area contributed by atoms with Gasteiger partial charge in [0.05, 0.1) is 17.0 Å². The molecule has 0 atom stereocenters. The van der Waals surface area contributed by atoms with Crippen molar-refractivity contribution in [2.24, 2.45) is 4.40 Å². The van der Waals surface area contributed by atoms with Gasteiger partial charge in [-0.2, -0.15) is 0 Å². The number of benzene rings is 1. The molecular weight excluding hydrogens is 374 g/mol. The van der Waals surface area contributed by atoms with Gasteiger partial charge in [0.2, 0.25) is 6.79 Å². The number of nitrogens with zero attached hydrogens (tertiary/aromatic N) is 2. The third kappa shape index (κ3) is 3.31. The first-order valence-electron chi connectivity index (χ1n) is 8.07. The van der Waals surface area contributed by atoms with Crippen LogP contribution in [0.4, 0.5) is 5.69 Å². The topological polar surface area (TPSA) is 114 Å². The maximum atomic E-state index is 12.6. The second-order valence-electron chi connectivity index (χ2n) is 6.11. The van der Waals surface area contributed by atoms with Crippen molar-refractivity contribution >= 4 is 33.2 Å². The Balaban J connectivity index is 1.60. The van der Waals surface area contributed by atoms with E-state index in [0.29, 0.717) is 28.3 Å². The average Bonchev–Trinajstić information content (AvgIpc) is 3.07. The number of rotatable bonds is 3. The van der Waals surface area contributed by atoms with Crippen LogP contribution in [0.5, 0.6) is 11.5 Å². The van der Waals surface area contributed by atoms with Crippen LogP contribution < -0.4 is 14.8 Å². The van der Waals surface area contributed by atoms with Gasteiger partial charge in [0.25, 0.3) is 15.9 Å². The summed E-state index contributed by atoms with van der Waals surface area (Å²) in [6.07, 6.45) is 4.48. The van der Waals surface area contributed by atoms with Crippen LogP contribution in [-0.4, -0.2) is 49.9 Å². The second kappa shape index (κ2) is 6.23. The molecule has 1 aromatic rings. The van der Waals surface area contributed by atoms with Crippen LogP contribution in [0.3, 0.4) is 0 Å². The Morgan fingerprint density at radius 3 is 2.67 bits per heavy atom. The number of fused-ring (bicyclic) bond motifs is 2.